The third-order valence-corrected chi connectivity index (χ3v) is 4.95. The Balaban J connectivity index is 2.05. The van der Waals surface area contributed by atoms with Gasteiger partial charge >= 0.3 is 5.69 Å². The lowest BCUT2D eigenvalue weighted by atomic mass is 9.95. The molecular weight excluding hydrogens is 330 g/mol. The topological polar surface area (TPSA) is 68.1 Å². The van der Waals surface area contributed by atoms with Crippen LogP contribution in [0.5, 0.6) is 0 Å². The van der Waals surface area contributed by atoms with Crippen LogP contribution in [-0.4, -0.2) is 27.5 Å². The van der Waals surface area contributed by atoms with Gasteiger partial charge in [0.25, 0.3) is 0 Å². The van der Waals surface area contributed by atoms with Crippen molar-refractivity contribution < 1.29 is 4.92 Å². The lowest BCUT2D eigenvalue weighted by Crippen LogP contribution is -2.27. The number of halogens is 1. The molecule has 1 fully saturated rings. The molecule has 0 spiro atoms. The van der Waals surface area contributed by atoms with E-state index in [2.05, 4.69) is 32.5 Å². The molecule has 2 rings (SSSR count). The minimum Gasteiger partial charge on any atom is -0.362 e. The summed E-state index contributed by atoms with van der Waals surface area (Å²) in [4.78, 5) is 14.7. The van der Waals surface area contributed by atoms with Crippen molar-refractivity contribution in [1.29, 1.82) is 0 Å². The molecule has 7 heteroatoms. The molecule has 0 bridgehead atoms. The number of nitro groups is 1. The SMILES string of the molecule is CSC1CCC(Nc2ncc(Br)cc2[N+](=O)[O-])CC1. The minimum absolute atomic E-state index is 0.0290. The Morgan fingerprint density at radius 1 is 1.47 bits per heavy atom. The van der Waals surface area contributed by atoms with E-state index in [-0.39, 0.29) is 11.7 Å². The maximum atomic E-state index is 11.0. The summed E-state index contributed by atoms with van der Waals surface area (Å²) < 4.78 is 0.621. The summed E-state index contributed by atoms with van der Waals surface area (Å²) in [5.74, 6) is 0.376. The standard InChI is InChI=1S/C12H16BrN3O2S/c1-19-10-4-2-9(3-5-10)15-12-11(16(17)18)6-8(13)7-14-12/h6-7,9-10H,2-5H2,1H3,(H,14,15). The van der Waals surface area contributed by atoms with Crippen LogP contribution in [0.4, 0.5) is 11.5 Å². The molecule has 19 heavy (non-hydrogen) atoms. The molecule has 5 nitrogen and oxygen atoms in total. The highest BCUT2D eigenvalue weighted by Crippen LogP contribution is 2.31. The van der Waals surface area contributed by atoms with Crippen LogP contribution < -0.4 is 5.32 Å². The van der Waals surface area contributed by atoms with Gasteiger partial charge in [0.05, 0.1) is 4.92 Å². The maximum absolute atomic E-state index is 11.0. The fourth-order valence-electron chi connectivity index (χ4n) is 2.32. The molecule has 0 amide bonds. The fraction of sp³-hybridized carbons (Fsp3) is 0.583. The minimum atomic E-state index is -0.395. The summed E-state index contributed by atoms with van der Waals surface area (Å²) in [7, 11) is 0. The number of nitrogens with one attached hydrogen (secondary N) is 1. The molecule has 1 heterocycles. The van der Waals surface area contributed by atoms with Crippen LogP contribution in [-0.2, 0) is 0 Å². The second kappa shape index (κ2) is 6.56. The first kappa shape index (κ1) is 14.6. The summed E-state index contributed by atoms with van der Waals surface area (Å²) in [6.07, 6.45) is 8.12. The molecule has 1 aromatic rings. The first-order chi connectivity index (χ1) is 9.10. The maximum Gasteiger partial charge on any atom is 0.312 e. The molecule has 1 aliphatic carbocycles. The van der Waals surface area contributed by atoms with Gasteiger partial charge in [0.15, 0.2) is 0 Å². The molecule has 104 valence electrons. The molecule has 1 N–H and O–H groups in total. The van der Waals surface area contributed by atoms with Gasteiger partial charge in [-0.25, -0.2) is 4.98 Å². The Kier molecular flexibility index (Phi) is 5.04. The lowest BCUT2D eigenvalue weighted by Gasteiger charge is -2.28. The van der Waals surface area contributed by atoms with Gasteiger partial charge in [-0.1, -0.05) is 0 Å². The Morgan fingerprint density at radius 2 is 2.16 bits per heavy atom. The van der Waals surface area contributed by atoms with Crippen molar-refractivity contribution in [2.45, 2.75) is 37.0 Å². The largest absolute Gasteiger partial charge is 0.362 e. The van der Waals surface area contributed by atoms with Crippen LogP contribution in [0.25, 0.3) is 0 Å². The van der Waals surface area contributed by atoms with E-state index in [0.717, 1.165) is 30.9 Å². The number of nitrogens with zero attached hydrogens (tertiary/aromatic N) is 2. The number of hydrogen-bond acceptors (Lipinski definition) is 5. The normalized spacial score (nSPS) is 23.1. The van der Waals surface area contributed by atoms with Crippen molar-refractivity contribution in [2.75, 3.05) is 11.6 Å². The van der Waals surface area contributed by atoms with Crippen molar-refractivity contribution in [3.8, 4) is 0 Å². The van der Waals surface area contributed by atoms with E-state index in [1.165, 1.54) is 6.07 Å². The molecule has 0 radical (unpaired) electrons. The first-order valence-electron chi connectivity index (χ1n) is 6.19. The highest BCUT2D eigenvalue weighted by Gasteiger charge is 2.23. The smallest absolute Gasteiger partial charge is 0.312 e. The van der Waals surface area contributed by atoms with Crippen molar-refractivity contribution in [3.05, 3.63) is 26.9 Å². The van der Waals surface area contributed by atoms with Crippen molar-refractivity contribution in [2.24, 2.45) is 0 Å². The Labute approximate surface area is 124 Å². The zero-order valence-corrected chi connectivity index (χ0v) is 13.0. The van der Waals surface area contributed by atoms with E-state index in [9.17, 15) is 10.1 Å². The first-order valence-corrected chi connectivity index (χ1v) is 8.27. The zero-order chi connectivity index (χ0) is 13.8. The van der Waals surface area contributed by atoms with Gasteiger partial charge in [-0.15, -0.1) is 0 Å². The summed E-state index contributed by atoms with van der Waals surface area (Å²) in [6.45, 7) is 0. The number of anilines is 1. The number of hydrogen-bond donors (Lipinski definition) is 1. The van der Waals surface area contributed by atoms with Crippen LogP contribution in [0.3, 0.4) is 0 Å². The lowest BCUT2D eigenvalue weighted by molar-refractivity contribution is -0.384. The van der Waals surface area contributed by atoms with Crippen LogP contribution in [0.15, 0.2) is 16.7 Å². The second-order valence-electron chi connectivity index (χ2n) is 4.63. The number of rotatable bonds is 4. The molecule has 0 atom stereocenters. The second-order valence-corrected chi connectivity index (χ2v) is 6.69. The van der Waals surface area contributed by atoms with Gasteiger partial charge in [0.2, 0.25) is 5.82 Å². The van der Waals surface area contributed by atoms with Gasteiger partial charge < -0.3 is 5.32 Å². The third-order valence-electron chi connectivity index (χ3n) is 3.38. The average Bonchev–Trinajstić information content (AvgIpc) is 2.41. The number of pyridine rings is 1. The number of thioether (sulfide) groups is 1. The van der Waals surface area contributed by atoms with Crippen LogP contribution in [0, 0.1) is 10.1 Å². The summed E-state index contributed by atoms with van der Waals surface area (Å²) in [6, 6.07) is 1.78. The zero-order valence-electron chi connectivity index (χ0n) is 10.6. The quantitative estimate of drug-likeness (QED) is 0.663. The van der Waals surface area contributed by atoms with Gasteiger partial charge in [-0.05, 0) is 47.9 Å². The third kappa shape index (κ3) is 3.82. The molecule has 0 saturated heterocycles. The molecular formula is C12H16BrN3O2S. The number of aromatic nitrogens is 1. The molecule has 0 unspecified atom stereocenters. The predicted octanol–water partition coefficient (Wildman–Crippen LogP) is 3.84. The summed E-state index contributed by atoms with van der Waals surface area (Å²) in [5.41, 5.74) is 0.0290. The van der Waals surface area contributed by atoms with Crippen LogP contribution in [0.2, 0.25) is 0 Å². The molecule has 1 saturated carbocycles. The van der Waals surface area contributed by atoms with E-state index in [0.29, 0.717) is 10.3 Å². The van der Waals surface area contributed by atoms with Gasteiger partial charge in [0, 0.05) is 28.0 Å². The molecule has 1 aliphatic rings. The highest BCUT2D eigenvalue weighted by atomic mass is 79.9. The summed E-state index contributed by atoms with van der Waals surface area (Å²) >= 11 is 5.12. The highest BCUT2D eigenvalue weighted by molar-refractivity contribution is 9.10. The fourth-order valence-corrected chi connectivity index (χ4v) is 3.38. The van der Waals surface area contributed by atoms with Crippen molar-refractivity contribution >= 4 is 39.2 Å². The molecule has 1 aromatic heterocycles. The Hall–Kier alpha value is -0.820. The van der Waals surface area contributed by atoms with Crippen molar-refractivity contribution in [1.82, 2.24) is 4.98 Å². The molecule has 0 aliphatic heterocycles. The van der Waals surface area contributed by atoms with Crippen LogP contribution in [0.1, 0.15) is 25.7 Å². The van der Waals surface area contributed by atoms with E-state index in [1.54, 1.807) is 6.20 Å². The Morgan fingerprint density at radius 3 is 2.74 bits per heavy atom. The molecule has 0 aromatic carbocycles. The predicted molar refractivity (Wildman–Crippen MR) is 81.8 cm³/mol. The summed E-state index contributed by atoms with van der Waals surface area (Å²) in [5, 5.41) is 15.0. The van der Waals surface area contributed by atoms with E-state index < -0.39 is 4.92 Å². The van der Waals surface area contributed by atoms with E-state index in [1.807, 2.05) is 11.8 Å². The average molecular weight is 346 g/mol. The van der Waals surface area contributed by atoms with Gasteiger partial charge in [-0.2, -0.15) is 11.8 Å². The van der Waals surface area contributed by atoms with E-state index >= 15 is 0 Å². The van der Waals surface area contributed by atoms with Gasteiger partial charge in [-0.3, -0.25) is 10.1 Å². The van der Waals surface area contributed by atoms with Crippen LogP contribution >= 0.6 is 27.7 Å². The van der Waals surface area contributed by atoms with Crippen molar-refractivity contribution in [3.63, 3.8) is 0 Å². The Bertz CT molecular complexity index is 464. The van der Waals surface area contributed by atoms with Gasteiger partial charge in [0.1, 0.15) is 0 Å². The monoisotopic (exact) mass is 345 g/mol. The van der Waals surface area contributed by atoms with E-state index in [4.69, 9.17) is 0 Å².